The number of thioether (sulfide) groups is 1. The number of hydrogen-bond donors (Lipinski definition) is 1. The molecule has 2 aliphatic rings. The van der Waals surface area contributed by atoms with Crippen LogP contribution in [0.25, 0.3) is 0 Å². The van der Waals surface area contributed by atoms with E-state index in [9.17, 15) is 4.79 Å². The van der Waals surface area contributed by atoms with Gasteiger partial charge in [0.15, 0.2) is 0 Å². The summed E-state index contributed by atoms with van der Waals surface area (Å²) < 4.78 is 0.741. The Labute approximate surface area is 80.0 Å². The number of carboxylic acids is 1. The Balaban J connectivity index is 2.06. The van der Waals surface area contributed by atoms with Crippen molar-refractivity contribution in [3.63, 3.8) is 0 Å². The van der Waals surface area contributed by atoms with Gasteiger partial charge in [0.05, 0.1) is 4.36 Å². The van der Waals surface area contributed by atoms with Gasteiger partial charge in [0.25, 0.3) is 0 Å². The molecule has 0 aromatic rings. The maximum atomic E-state index is 10.6. The van der Waals surface area contributed by atoms with Crippen molar-refractivity contribution in [1.29, 1.82) is 0 Å². The fraction of sp³-hybridized carbons (Fsp3) is 0.625. The van der Waals surface area contributed by atoms with E-state index in [1.165, 1.54) is 30.2 Å². The van der Waals surface area contributed by atoms with Gasteiger partial charge in [-0.3, -0.25) is 4.79 Å². The second-order valence-electron chi connectivity index (χ2n) is 3.22. The lowest BCUT2D eigenvalue weighted by molar-refractivity contribution is -0.136. The van der Waals surface area contributed by atoms with Gasteiger partial charge in [-0.1, -0.05) is 23.4 Å². The lowest BCUT2D eigenvalue weighted by Gasteiger charge is -2.00. The molecule has 1 fully saturated rings. The van der Waals surface area contributed by atoms with E-state index >= 15 is 0 Å². The molecular weight excluding hydrogens is 196 g/mol. The van der Waals surface area contributed by atoms with Gasteiger partial charge in [-0.25, -0.2) is 0 Å². The average molecular weight is 205 g/mol. The Bertz CT molecular complexity index is 258. The van der Waals surface area contributed by atoms with E-state index in [2.05, 4.69) is 0 Å². The zero-order valence-corrected chi connectivity index (χ0v) is 7.99. The molecule has 1 heterocycles. The van der Waals surface area contributed by atoms with Crippen molar-refractivity contribution >= 4 is 29.3 Å². The van der Waals surface area contributed by atoms with E-state index in [-0.39, 0.29) is 5.25 Å². The Kier molecular flexibility index (Phi) is 2.09. The summed E-state index contributed by atoms with van der Waals surface area (Å²) in [6, 6.07) is 0. The fourth-order valence-corrected chi connectivity index (χ4v) is 2.99. The first-order valence-electron chi connectivity index (χ1n) is 3.96. The molecule has 0 aromatic carbocycles. The Morgan fingerprint density at radius 3 is 2.67 bits per heavy atom. The van der Waals surface area contributed by atoms with Crippen LogP contribution in [0.15, 0.2) is 9.94 Å². The molecule has 1 saturated carbocycles. The van der Waals surface area contributed by atoms with Crippen molar-refractivity contribution in [2.24, 2.45) is 5.92 Å². The van der Waals surface area contributed by atoms with E-state index in [0.717, 1.165) is 4.36 Å². The summed E-state index contributed by atoms with van der Waals surface area (Å²) in [6.07, 6.45) is 3.04. The number of aliphatic carboxylic acids is 1. The van der Waals surface area contributed by atoms with Gasteiger partial charge in [-0.05, 0) is 30.8 Å². The van der Waals surface area contributed by atoms with Crippen LogP contribution in [0.3, 0.4) is 0 Å². The molecular formula is C8H9ClO2S. The number of halogens is 1. The highest BCUT2D eigenvalue weighted by Gasteiger charge is 2.37. The quantitative estimate of drug-likeness (QED) is 0.751. The van der Waals surface area contributed by atoms with Crippen molar-refractivity contribution in [2.75, 3.05) is 0 Å². The van der Waals surface area contributed by atoms with Gasteiger partial charge < -0.3 is 5.11 Å². The molecule has 1 aliphatic heterocycles. The zero-order chi connectivity index (χ0) is 8.72. The number of hydrogen-bond acceptors (Lipinski definition) is 2. The summed E-state index contributed by atoms with van der Waals surface area (Å²) in [7, 11) is 0. The van der Waals surface area contributed by atoms with Crippen LogP contribution in [0.5, 0.6) is 0 Å². The summed E-state index contributed by atoms with van der Waals surface area (Å²) in [5, 5.41) is 8.42. The van der Waals surface area contributed by atoms with Crippen LogP contribution in [-0.2, 0) is 4.79 Å². The molecule has 0 saturated heterocycles. The molecule has 0 radical (unpaired) electrons. The van der Waals surface area contributed by atoms with Gasteiger partial charge in [-0.15, -0.1) is 0 Å². The lowest BCUT2D eigenvalue weighted by atomic mass is 10.1. The van der Waals surface area contributed by atoms with Crippen LogP contribution >= 0.6 is 23.4 Å². The van der Waals surface area contributed by atoms with Crippen molar-refractivity contribution < 1.29 is 9.90 Å². The summed E-state index contributed by atoms with van der Waals surface area (Å²) in [5.74, 6) is -0.136. The van der Waals surface area contributed by atoms with Crippen LogP contribution in [0.4, 0.5) is 0 Å². The number of carbonyl (C=O) groups is 1. The van der Waals surface area contributed by atoms with E-state index in [1.807, 2.05) is 0 Å². The van der Waals surface area contributed by atoms with E-state index in [0.29, 0.717) is 12.3 Å². The van der Waals surface area contributed by atoms with Crippen LogP contribution < -0.4 is 0 Å². The maximum Gasteiger partial charge on any atom is 0.317 e. The number of rotatable bonds is 2. The Morgan fingerprint density at radius 2 is 2.25 bits per heavy atom. The van der Waals surface area contributed by atoms with Crippen LogP contribution in [0.2, 0.25) is 0 Å². The third kappa shape index (κ3) is 1.48. The SMILES string of the molecule is O=C(O)C1CC(C2CC2)=C(Cl)S1. The third-order valence-electron chi connectivity index (χ3n) is 2.25. The normalized spacial score (nSPS) is 29.6. The molecule has 4 heteroatoms. The molecule has 1 aliphatic carbocycles. The summed E-state index contributed by atoms with van der Waals surface area (Å²) in [5.41, 5.74) is 1.19. The molecule has 12 heavy (non-hydrogen) atoms. The third-order valence-corrected chi connectivity index (χ3v) is 3.88. The first-order chi connectivity index (χ1) is 5.68. The topological polar surface area (TPSA) is 37.3 Å². The van der Waals surface area contributed by atoms with Gasteiger partial charge in [-0.2, -0.15) is 0 Å². The van der Waals surface area contributed by atoms with Crippen molar-refractivity contribution in [3.05, 3.63) is 9.94 Å². The van der Waals surface area contributed by atoms with E-state index in [1.54, 1.807) is 0 Å². The average Bonchev–Trinajstić information content (AvgIpc) is 2.75. The smallest absolute Gasteiger partial charge is 0.317 e. The van der Waals surface area contributed by atoms with Gasteiger partial charge in [0.2, 0.25) is 0 Å². The minimum atomic E-state index is -0.742. The largest absolute Gasteiger partial charge is 0.480 e. The highest BCUT2D eigenvalue weighted by molar-refractivity contribution is 8.06. The zero-order valence-electron chi connectivity index (χ0n) is 6.42. The van der Waals surface area contributed by atoms with Gasteiger partial charge >= 0.3 is 5.97 Å². The molecule has 66 valence electrons. The highest BCUT2D eigenvalue weighted by Crippen LogP contribution is 2.50. The van der Waals surface area contributed by atoms with Gasteiger partial charge in [0.1, 0.15) is 5.25 Å². The molecule has 0 spiro atoms. The predicted octanol–water partition coefficient (Wildman–Crippen LogP) is 2.44. The molecule has 2 nitrogen and oxygen atoms in total. The van der Waals surface area contributed by atoms with Crippen molar-refractivity contribution in [2.45, 2.75) is 24.5 Å². The molecule has 0 amide bonds. The summed E-state index contributed by atoms with van der Waals surface area (Å²) in [4.78, 5) is 10.6. The number of carboxylic acid groups (broad SMARTS) is 1. The molecule has 2 rings (SSSR count). The van der Waals surface area contributed by atoms with Gasteiger partial charge in [0, 0.05) is 0 Å². The minimum absolute atomic E-state index is 0.326. The molecule has 0 aromatic heterocycles. The van der Waals surface area contributed by atoms with Crippen LogP contribution in [-0.4, -0.2) is 16.3 Å². The van der Waals surface area contributed by atoms with E-state index < -0.39 is 5.97 Å². The van der Waals surface area contributed by atoms with Crippen molar-refractivity contribution in [1.82, 2.24) is 0 Å². The van der Waals surface area contributed by atoms with Crippen LogP contribution in [0.1, 0.15) is 19.3 Å². The minimum Gasteiger partial charge on any atom is -0.480 e. The second-order valence-corrected chi connectivity index (χ2v) is 5.04. The highest BCUT2D eigenvalue weighted by atomic mass is 35.5. The fourth-order valence-electron chi connectivity index (χ4n) is 1.42. The lowest BCUT2D eigenvalue weighted by Crippen LogP contribution is -2.13. The van der Waals surface area contributed by atoms with Crippen molar-refractivity contribution in [3.8, 4) is 0 Å². The van der Waals surface area contributed by atoms with E-state index in [4.69, 9.17) is 16.7 Å². The molecule has 1 atom stereocenters. The maximum absolute atomic E-state index is 10.6. The first kappa shape index (κ1) is 8.45. The first-order valence-corrected chi connectivity index (χ1v) is 5.22. The molecule has 1 N–H and O–H groups in total. The Hall–Kier alpha value is -0.150. The Morgan fingerprint density at radius 1 is 1.58 bits per heavy atom. The van der Waals surface area contributed by atoms with Crippen LogP contribution in [0, 0.1) is 5.92 Å². The summed E-state index contributed by atoms with van der Waals surface area (Å²) >= 11 is 7.23. The second kappa shape index (κ2) is 2.96. The standard InChI is InChI=1S/C8H9ClO2S/c9-7-5(4-1-2-4)3-6(12-7)8(10)11/h4,6H,1-3H2,(H,10,11). The molecule has 0 bridgehead atoms. The summed E-state index contributed by atoms with van der Waals surface area (Å²) in [6.45, 7) is 0. The number of allylic oxidation sites excluding steroid dienone is 1. The predicted molar refractivity (Wildman–Crippen MR) is 49.2 cm³/mol. The monoisotopic (exact) mass is 204 g/mol. The molecule has 1 unspecified atom stereocenters.